The second-order valence-corrected chi connectivity index (χ2v) is 3.64. The van der Waals surface area contributed by atoms with Crippen LogP contribution in [0.3, 0.4) is 0 Å². The second kappa shape index (κ2) is 4.83. The van der Waals surface area contributed by atoms with Crippen LogP contribution in [0.25, 0.3) is 0 Å². The van der Waals surface area contributed by atoms with Crippen molar-refractivity contribution in [2.24, 2.45) is 0 Å². The summed E-state index contributed by atoms with van der Waals surface area (Å²) in [5.41, 5.74) is 0. The van der Waals surface area contributed by atoms with Crippen molar-refractivity contribution in [1.82, 2.24) is 10.6 Å². The Morgan fingerprint density at radius 3 is 2.43 bits per heavy atom. The van der Waals surface area contributed by atoms with Crippen LogP contribution in [0.5, 0.6) is 0 Å². The van der Waals surface area contributed by atoms with Gasteiger partial charge in [-0.3, -0.25) is 0 Å². The summed E-state index contributed by atoms with van der Waals surface area (Å²) in [7, 11) is 0. The molecule has 2 amide bonds. The summed E-state index contributed by atoms with van der Waals surface area (Å²) in [6.07, 6.45) is 4.21. The fourth-order valence-electron chi connectivity index (χ4n) is 1.55. The topological polar surface area (TPSA) is 81.3 Å². The van der Waals surface area contributed by atoms with Crippen molar-refractivity contribution in [1.29, 1.82) is 0 Å². The molecule has 0 spiro atoms. The molecule has 0 heterocycles. The lowest BCUT2D eigenvalue weighted by Crippen LogP contribution is -2.51. The quantitative estimate of drug-likeness (QED) is 0.634. The number of amides is 2. The Hall–Kier alpha value is -1.26. The van der Waals surface area contributed by atoms with Gasteiger partial charge in [0.05, 0.1) is 12.0 Å². The smallest absolute Gasteiger partial charge is 0.315 e. The van der Waals surface area contributed by atoms with Crippen LogP contribution in [-0.2, 0) is 4.79 Å². The zero-order valence-corrected chi connectivity index (χ0v) is 8.21. The maximum atomic E-state index is 11.2. The molecule has 0 aromatic heterocycles. The first kappa shape index (κ1) is 10.8. The number of carbonyl (C=O) groups excluding carboxylic acids is 2. The van der Waals surface area contributed by atoms with E-state index in [1.165, 1.54) is 6.92 Å². The van der Waals surface area contributed by atoms with Crippen LogP contribution in [0.15, 0.2) is 0 Å². The van der Waals surface area contributed by atoms with Crippen LogP contribution in [0.4, 0.5) is 4.79 Å². The zero-order chi connectivity index (χ0) is 10.6. The van der Waals surface area contributed by atoms with Crippen molar-refractivity contribution in [2.45, 2.75) is 44.7 Å². The molecule has 0 radical (unpaired) electrons. The molecule has 5 heteroatoms. The maximum Gasteiger partial charge on any atom is 0.315 e. The van der Waals surface area contributed by atoms with E-state index in [-0.39, 0.29) is 6.04 Å². The van der Waals surface area contributed by atoms with Crippen LogP contribution in [0.2, 0.25) is 0 Å². The lowest BCUT2D eigenvalue weighted by atomic mass is 10.2. The lowest BCUT2D eigenvalue weighted by Gasteiger charge is -2.17. The maximum absolute atomic E-state index is 11.2. The standard InChI is InChI=1S/C9H16N2O3/c1-6(8(12)13)10-9(14)11-7-4-2-3-5-7/h6-7H,2-5H2,1H3,(H,12,13)(H2,10,11,14)/p-1/t6-/m0/s1. The van der Waals surface area contributed by atoms with Gasteiger partial charge in [-0.15, -0.1) is 0 Å². The summed E-state index contributed by atoms with van der Waals surface area (Å²) >= 11 is 0. The van der Waals surface area contributed by atoms with Gasteiger partial charge in [0.15, 0.2) is 0 Å². The molecule has 0 aliphatic heterocycles. The number of urea groups is 1. The Morgan fingerprint density at radius 1 is 1.36 bits per heavy atom. The fourth-order valence-corrected chi connectivity index (χ4v) is 1.55. The van der Waals surface area contributed by atoms with Gasteiger partial charge in [0.25, 0.3) is 0 Å². The molecule has 1 atom stereocenters. The molecule has 1 aliphatic rings. The van der Waals surface area contributed by atoms with Gasteiger partial charge in [-0.2, -0.15) is 0 Å². The number of carboxylic acid groups (broad SMARTS) is 1. The van der Waals surface area contributed by atoms with E-state index in [4.69, 9.17) is 0 Å². The number of carboxylic acids is 1. The van der Waals surface area contributed by atoms with Crippen molar-refractivity contribution in [2.75, 3.05) is 0 Å². The number of hydrogen-bond acceptors (Lipinski definition) is 3. The van der Waals surface area contributed by atoms with Crippen LogP contribution in [-0.4, -0.2) is 24.1 Å². The van der Waals surface area contributed by atoms with Gasteiger partial charge in [-0.1, -0.05) is 12.8 Å². The Labute approximate surface area is 82.9 Å². The van der Waals surface area contributed by atoms with Gasteiger partial charge in [0, 0.05) is 6.04 Å². The van der Waals surface area contributed by atoms with E-state index in [2.05, 4.69) is 10.6 Å². The minimum absolute atomic E-state index is 0.198. The fraction of sp³-hybridized carbons (Fsp3) is 0.778. The van der Waals surface area contributed by atoms with Gasteiger partial charge >= 0.3 is 6.03 Å². The zero-order valence-electron chi connectivity index (χ0n) is 8.21. The van der Waals surface area contributed by atoms with Gasteiger partial charge in [0.1, 0.15) is 0 Å². The molecular formula is C9H15N2O3-. The highest BCUT2D eigenvalue weighted by Crippen LogP contribution is 2.17. The molecule has 0 aromatic carbocycles. The predicted octanol–water partition coefficient (Wildman–Crippen LogP) is -0.633. The van der Waals surface area contributed by atoms with Crippen molar-refractivity contribution >= 4 is 12.0 Å². The average molecular weight is 199 g/mol. The third-order valence-corrected chi connectivity index (χ3v) is 2.39. The largest absolute Gasteiger partial charge is 0.548 e. The summed E-state index contributed by atoms with van der Waals surface area (Å²) in [5.74, 6) is -1.27. The first-order valence-corrected chi connectivity index (χ1v) is 4.87. The Kier molecular flexibility index (Phi) is 3.73. The first-order chi connectivity index (χ1) is 6.59. The molecule has 1 rings (SSSR count). The van der Waals surface area contributed by atoms with Gasteiger partial charge < -0.3 is 20.5 Å². The third kappa shape index (κ3) is 3.24. The highest BCUT2D eigenvalue weighted by molar-refractivity contribution is 5.81. The van der Waals surface area contributed by atoms with Gasteiger partial charge in [-0.25, -0.2) is 4.79 Å². The number of aliphatic carboxylic acids is 1. The molecule has 0 saturated heterocycles. The molecule has 5 nitrogen and oxygen atoms in total. The monoisotopic (exact) mass is 199 g/mol. The van der Waals surface area contributed by atoms with Crippen molar-refractivity contribution in [3.63, 3.8) is 0 Å². The number of nitrogens with one attached hydrogen (secondary N) is 2. The van der Waals surface area contributed by atoms with Crippen LogP contribution < -0.4 is 15.7 Å². The number of hydrogen-bond donors (Lipinski definition) is 2. The summed E-state index contributed by atoms with van der Waals surface area (Å²) < 4.78 is 0. The van der Waals surface area contributed by atoms with Crippen molar-refractivity contribution < 1.29 is 14.7 Å². The second-order valence-electron chi connectivity index (χ2n) is 3.64. The van der Waals surface area contributed by atoms with E-state index in [1.807, 2.05) is 0 Å². The molecule has 1 aliphatic carbocycles. The number of rotatable bonds is 3. The van der Waals surface area contributed by atoms with Crippen LogP contribution in [0.1, 0.15) is 32.6 Å². The Bertz CT molecular complexity index is 224. The highest BCUT2D eigenvalue weighted by atomic mass is 16.4. The van der Waals surface area contributed by atoms with E-state index in [0.717, 1.165) is 25.7 Å². The minimum atomic E-state index is -1.27. The van der Waals surface area contributed by atoms with Gasteiger partial charge in [-0.05, 0) is 19.8 Å². The molecule has 0 aromatic rings. The minimum Gasteiger partial charge on any atom is -0.548 e. The normalized spacial score (nSPS) is 18.9. The van der Waals surface area contributed by atoms with Crippen LogP contribution in [0, 0.1) is 0 Å². The molecule has 2 N–H and O–H groups in total. The summed E-state index contributed by atoms with van der Waals surface area (Å²) in [6.45, 7) is 1.38. The third-order valence-electron chi connectivity index (χ3n) is 2.39. The molecule has 1 saturated carbocycles. The Morgan fingerprint density at radius 2 is 1.93 bits per heavy atom. The Balaban J connectivity index is 2.24. The first-order valence-electron chi connectivity index (χ1n) is 4.87. The molecule has 1 fully saturated rings. The van der Waals surface area contributed by atoms with Crippen molar-refractivity contribution in [3.8, 4) is 0 Å². The summed E-state index contributed by atoms with van der Waals surface area (Å²) in [6, 6.07) is -1.17. The average Bonchev–Trinajstić information content (AvgIpc) is 2.56. The summed E-state index contributed by atoms with van der Waals surface area (Å²) in [5, 5.41) is 15.3. The molecule has 80 valence electrons. The molecule has 14 heavy (non-hydrogen) atoms. The van der Waals surface area contributed by atoms with E-state index in [9.17, 15) is 14.7 Å². The number of carbonyl (C=O) groups is 2. The lowest BCUT2D eigenvalue weighted by molar-refractivity contribution is -0.307. The SMILES string of the molecule is C[C@H](NC(=O)NC1CCCC1)C(=O)[O-]. The summed E-state index contributed by atoms with van der Waals surface area (Å²) in [4.78, 5) is 21.5. The van der Waals surface area contributed by atoms with E-state index in [0.29, 0.717) is 0 Å². The highest BCUT2D eigenvalue weighted by Gasteiger charge is 2.17. The van der Waals surface area contributed by atoms with E-state index >= 15 is 0 Å². The molecular weight excluding hydrogens is 184 g/mol. The predicted molar refractivity (Wildman–Crippen MR) is 48.4 cm³/mol. The van der Waals surface area contributed by atoms with Crippen molar-refractivity contribution in [3.05, 3.63) is 0 Å². The van der Waals surface area contributed by atoms with E-state index in [1.54, 1.807) is 0 Å². The molecule has 0 unspecified atom stereocenters. The van der Waals surface area contributed by atoms with Crippen LogP contribution >= 0.6 is 0 Å². The van der Waals surface area contributed by atoms with E-state index < -0.39 is 18.0 Å². The van der Waals surface area contributed by atoms with Gasteiger partial charge in [0.2, 0.25) is 0 Å². The molecule has 0 bridgehead atoms.